The minimum absolute atomic E-state index is 0.138. The molecule has 2 aromatic carbocycles. The number of methoxy groups -OCH3 is 1. The lowest BCUT2D eigenvalue weighted by molar-refractivity contribution is -0.127. The fourth-order valence-corrected chi connectivity index (χ4v) is 5.49. The zero-order valence-electron chi connectivity index (χ0n) is 19.9. The van der Waals surface area contributed by atoms with Crippen molar-refractivity contribution >= 4 is 40.0 Å². The number of anilines is 1. The van der Waals surface area contributed by atoms with Gasteiger partial charge in [-0.15, -0.1) is 0 Å². The lowest BCUT2D eigenvalue weighted by Gasteiger charge is -2.44. The van der Waals surface area contributed by atoms with E-state index in [0.717, 1.165) is 42.1 Å². The summed E-state index contributed by atoms with van der Waals surface area (Å²) in [6, 6.07) is 13.3. The van der Waals surface area contributed by atoms with Gasteiger partial charge < -0.3 is 14.6 Å². The number of nitrogens with one attached hydrogen (secondary N) is 1. The van der Waals surface area contributed by atoms with Gasteiger partial charge in [-0.3, -0.25) is 14.5 Å². The highest BCUT2D eigenvalue weighted by Gasteiger charge is 2.49. The smallest absolute Gasteiger partial charge is 0.275 e. The quantitative estimate of drug-likeness (QED) is 0.539. The number of carbonyl (C=O) groups is 2. The summed E-state index contributed by atoms with van der Waals surface area (Å²) in [5.41, 5.74) is 1.83. The van der Waals surface area contributed by atoms with Gasteiger partial charge in [-0.2, -0.15) is 0 Å². The number of hydrogen-bond acceptors (Lipinski definition) is 3. The number of rotatable bonds is 4. The SMILES string of the molecule is COc1ccc2cc3n(c2c1)C[C@](C)(C(=O)NC1CCCCC1)N(c1ccc(C)c(Cl)c1)C3=O. The monoisotopic (exact) mass is 479 g/mol. The summed E-state index contributed by atoms with van der Waals surface area (Å²) >= 11 is 6.45. The maximum absolute atomic E-state index is 14.0. The molecule has 1 aromatic heterocycles. The van der Waals surface area contributed by atoms with Gasteiger partial charge in [-0.1, -0.05) is 36.9 Å². The molecular formula is C27H30ClN3O3. The van der Waals surface area contributed by atoms with E-state index in [4.69, 9.17) is 16.3 Å². The molecule has 0 radical (unpaired) electrons. The van der Waals surface area contributed by atoms with E-state index in [1.54, 1.807) is 18.1 Å². The molecule has 7 heteroatoms. The Morgan fingerprint density at radius 1 is 1.12 bits per heavy atom. The molecule has 1 saturated carbocycles. The fraction of sp³-hybridized carbons (Fsp3) is 0.407. The number of ether oxygens (including phenoxy) is 1. The van der Waals surface area contributed by atoms with Crippen LogP contribution in [0.5, 0.6) is 5.75 Å². The van der Waals surface area contributed by atoms with Crippen LogP contribution >= 0.6 is 11.6 Å². The van der Waals surface area contributed by atoms with Crippen LogP contribution in [0.1, 0.15) is 55.1 Å². The maximum Gasteiger partial charge on any atom is 0.275 e. The van der Waals surface area contributed by atoms with Crippen molar-refractivity contribution < 1.29 is 14.3 Å². The second kappa shape index (κ2) is 8.66. The van der Waals surface area contributed by atoms with E-state index < -0.39 is 5.54 Å². The first-order valence-electron chi connectivity index (χ1n) is 11.9. The molecule has 2 amide bonds. The Labute approximate surface area is 204 Å². The maximum atomic E-state index is 14.0. The van der Waals surface area contributed by atoms with Gasteiger partial charge in [-0.05, 0) is 62.6 Å². The van der Waals surface area contributed by atoms with Gasteiger partial charge in [0.25, 0.3) is 5.91 Å². The van der Waals surface area contributed by atoms with E-state index in [2.05, 4.69) is 5.32 Å². The van der Waals surface area contributed by atoms with E-state index in [1.165, 1.54) is 6.42 Å². The average molecular weight is 480 g/mol. The Hall–Kier alpha value is -2.99. The van der Waals surface area contributed by atoms with Crippen LogP contribution in [0.4, 0.5) is 5.69 Å². The number of benzene rings is 2. The molecule has 34 heavy (non-hydrogen) atoms. The summed E-state index contributed by atoms with van der Waals surface area (Å²) in [6.07, 6.45) is 5.38. The molecule has 2 heterocycles. The Morgan fingerprint density at radius 2 is 1.88 bits per heavy atom. The Kier molecular flexibility index (Phi) is 5.80. The highest BCUT2D eigenvalue weighted by Crippen LogP contribution is 2.38. The van der Waals surface area contributed by atoms with Crippen molar-refractivity contribution in [3.8, 4) is 5.75 Å². The van der Waals surface area contributed by atoms with Gasteiger partial charge >= 0.3 is 0 Å². The van der Waals surface area contributed by atoms with E-state index in [1.807, 2.05) is 54.8 Å². The molecule has 1 fully saturated rings. The van der Waals surface area contributed by atoms with E-state index in [-0.39, 0.29) is 17.9 Å². The molecule has 1 atom stereocenters. The Balaban J connectivity index is 1.63. The Bertz CT molecular complexity index is 1280. The van der Waals surface area contributed by atoms with E-state index in [9.17, 15) is 9.59 Å². The Morgan fingerprint density at radius 3 is 2.59 bits per heavy atom. The minimum atomic E-state index is -1.13. The number of hydrogen-bond donors (Lipinski definition) is 1. The first-order valence-corrected chi connectivity index (χ1v) is 12.3. The number of aromatic nitrogens is 1. The summed E-state index contributed by atoms with van der Waals surface area (Å²) in [5, 5.41) is 4.76. The summed E-state index contributed by atoms with van der Waals surface area (Å²) in [5.74, 6) is 0.351. The van der Waals surface area contributed by atoms with Crippen LogP contribution in [0.3, 0.4) is 0 Å². The first-order chi connectivity index (χ1) is 16.3. The van der Waals surface area contributed by atoms with Crippen molar-refractivity contribution in [3.05, 3.63) is 58.7 Å². The highest BCUT2D eigenvalue weighted by atomic mass is 35.5. The van der Waals surface area contributed by atoms with Crippen molar-refractivity contribution in [3.63, 3.8) is 0 Å². The summed E-state index contributed by atoms with van der Waals surface area (Å²) < 4.78 is 7.37. The lowest BCUT2D eigenvalue weighted by Crippen LogP contribution is -2.65. The number of carbonyl (C=O) groups excluding carboxylic acids is 2. The van der Waals surface area contributed by atoms with Gasteiger partial charge in [0.2, 0.25) is 5.91 Å². The molecule has 2 aliphatic rings. The predicted octanol–water partition coefficient (Wildman–Crippen LogP) is 5.48. The minimum Gasteiger partial charge on any atom is -0.497 e. The van der Waals surface area contributed by atoms with Crippen LogP contribution in [0.2, 0.25) is 5.02 Å². The van der Waals surface area contributed by atoms with Crippen LogP contribution in [-0.4, -0.2) is 35.1 Å². The van der Waals surface area contributed by atoms with Crippen molar-refractivity contribution in [2.24, 2.45) is 0 Å². The summed E-state index contributed by atoms with van der Waals surface area (Å²) in [4.78, 5) is 29.5. The molecule has 178 valence electrons. The van der Waals surface area contributed by atoms with Crippen molar-refractivity contribution in [2.75, 3.05) is 12.0 Å². The lowest BCUT2D eigenvalue weighted by atomic mass is 9.91. The third-order valence-corrected chi connectivity index (χ3v) is 7.74. The standard InChI is InChI=1S/C27H30ClN3O3/c1-17-9-11-20(14-22(17)28)31-25(32)24-13-18-10-12-21(34-3)15-23(18)30(24)16-27(31,2)26(33)29-19-7-5-4-6-8-19/h9-15,19H,4-8,16H2,1-3H3,(H,29,33)/t27-/m1/s1. The van der Waals surface area contributed by atoms with Gasteiger partial charge in [0.1, 0.15) is 17.0 Å². The van der Waals surface area contributed by atoms with Crippen molar-refractivity contribution in [1.82, 2.24) is 9.88 Å². The number of nitrogens with zero attached hydrogens (tertiary/aromatic N) is 2. The third kappa shape index (κ3) is 3.74. The number of aryl methyl sites for hydroxylation is 1. The van der Waals surface area contributed by atoms with Crippen LogP contribution < -0.4 is 15.0 Å². The van der Waals surface area contributed by atoms with Crippen LogP contribution in [-0.2, 0) is 11.3 Å². The molecule has 1 N–H and O–H groups in total. The average Bonchev–Trinajstić information content (AvgIpc) is 3.19. The number of fused-ring (bicyclic) bond motifs is 3. The van der Waals surface area contributed by atoms with Crippen LogP contribution in [0.25, 0.3) is 10.9 Å². The molecule has 1 aliphatic heterocycles. The summed E-state index contributed by atoms with van der Waals surface area (Å²) in [7, 11) is 1.62. The highest BCUT2D eigenvalue weighted by molar-refractivity contribution is 6.31. The molecule has 6 nitrogen and oxygen atoms in total. The number of amides is 2. The van der Waals surface area contributed by atoms with Gasteiger partial charge in [0.15, 0.2) is 0 Å². The van der Waals surface area contributed by atoms with Crippen molar-refractivity contribution in [2.45, 2.75) is 64.1 Å². The fourth-order valence-electron chi connectivity index (χ4n) is 5.31. The molecule has 0 bridgehead atoms. The molecule has 1 aliphatic carbocycles. The van der Waals surface area contributed by atoms with Gasteiger partial charge in [0.05, 0.1) is 19.2 Å². The van der Waals surface area contributed by atoms with Gasteiger partial charge in [0, 0.05) is 28.2 Å². The first kappa shape index (κ1) is 22.8. The van der Waals surface area contributed by atoms with E-state index in [0.29, 0.717) is 28.7 Å². The normalized spacial score (nSPS) is 20.9. The second-order valence-corrected chi connectivity index (χ2v) is 10.1. The molecule has 5 rings (SSSR count). The molecule has 0 saturated heterocycles. The van der Waals surface area contributed by atoms with Crippen LogP contribution in [0.15, 0.2) is 42.5 Å². The zero-order chi connectivity index (χ0) is 24.0. The summed E-state index contributed by atoms with van der Waals surface area (Å²) in [6.45, 7) is 4.10. The topological polar surface area (TPSA) is 63.6 Å². The molecule has 0 spiro atoms. The van der Waals surface area contributed by atoms with Crippen LogP contribution in [0, 0.1) is 6.92 Å². The largest absolute Gasteiger partial charge is 0.497 e. The third-order valence-electron chi connectivity index (χ3n) is 7.34. The molecule has 3 aromatic rings. The predicted molar refractivity (Wildman–Crippen MR) is 135 cm³/mol. The zero-order valence-corrected chi connectivity index (χ0v) is 20.6. The number of halogens is 1. The van der Waals surface area contributed by atoms with E-state index >= 15 is 0 Å². The van der Waals surface area contributed by atoms with Gasteiger partial charge in [-0.25, -0.2) is 0 Å². The van der Waals surface area contributed by atoms with Crippen molar-refractivity contribution in [1.29, 1.82) is 0 Å². The molecule has 0 unspecified atom stereocenters. The molecular weight excluding hydrogens is 450 g/mol. The second-order valence-electron chi connectivity index (χ2n) is 9.70.